The third-order valence-electron chi connectivity index (χ3n) is 5.48. The van der Waals surface area contributed by atoms with Crippen LogP contribution in [-0.2, 0) is 25.5 Å². The Labute approximate surface area is 176 Å². The molecule has 0 spiro atoms. The number of carbonyl (C=O) groups is 3. The van der Waals surface area contributed by atoms with Crippen molar-refractivity contribution >= 4 is 29.3 Å². The fraction of sp³-hybridized carbons (Fsp3) is 0.571. The van der Waals surface area contributed by atoms with E-state index in [2.05, 4.69) is 0 Å². The average molecular weight is 422 g/mol. The number of halogens is 1. The lowest BCUT2D eigenvalue weighted by molar-refractivity contribution is -0.138. The van der Waals surface area contributed by atoms with E-state index in [9.17, 15) is 14.4 Å². The lowest BCUT2D eigenvalue weighted by Gasteiger charge is -2.24. The largest absolute Gasteiger partial charge is 0.378 e. The molecule has 1 aromatic carbocycles. The van der Waals surface area contributed by atoms with Gasteiger partial charge in [0.15, 0.2) is 0 Å². The summed E-state index contributed by atoms with van der Waals surface area (Å²) in [5.74, 6) is -0.0105. The van der Waals surface area contributed by atoms with E-state index < -0.39 is 0 Å². The fourth-order valence-electron chi connectivity index (χ4n) is 3.86. The van der Waals surface area contributed by atoms with Gasteiger partial charge in [0.1, 0.15) is 0 Å². The number of ether oxygens (including phenoxy) is 1. The lowest BCUT2D eigenvalue weighted by Crippen LogP contribution is -2.41. The van der Waals surface area contributed by atoms with Gasteiger partial charge in [-0.15, -0.1) is 0 Å². The van der Waals surface area contributed by atoms with Crippen molar-refractivity contribution in [3.05, 3.63) is 34.9 Å². The smallest absolute Gasteiger partial charge is 0.242 e. The second kappa shape index (κ2) is 10.1. The van der Waals surface area contributed by atoms with Gasteiger partial charge in [-0.05, 0) is 30.5 Å². The number of likely N-dealkylation sites (tertiary alicyclic amines) is 1. The number of hydrogen-bond acceptors (Lipinski definition) is 4. The minimum Gasteiger partial charge on any atom is -0.378 e. The van der Waals surface area contributed by atoms with E-state index in [0.29, 0.717) is 37.6 Å². The molecule has 1 aromatic rings. The predicted molar refractivity (Wildman–Crippen MR) is 110 cm³/mol. The van der Waals surface area contributed by atoms with Crippen molar-refractivity contribution in [2.24, 2.45) is 0 Å². The van der Waals surface area contributed by atoms with Gasteiger partial charge in [0.05, 0.1) is 19.1 Å². The summed E-state index contributed by atoms with van der Waals surface area (Å²) in [5, 5.41) is 0.583. The second-order valence-electron chi connectivity index (χ2n) is 7.62. The maximum Gasteiger partial charge on any atom is 0.242 e. The Bertz CT molecular complexity index is 757. The molecule has 0 unspecified atom stereocenters. The first kappa shape index (κ1) is 21.6. The van der Waals surface area contributed by atoms with Crippen LogP contribution in [0.4, 0.5) is 0 Å². The van der Waals surface area contributed by atoms with Crippen LogP contribution in [0, 0.1) is 0 Å². The van der Waals surface area contributed by atoms with Gasteiger partial charge in [0.2, 0.25) is 17.7 Å². The van der Waals surface area contributed by atoms with E-state index in [0.717, 1.165) is 24.9 Å². The molecule has 3 rings (SSSR count). The highest BCUT2D eigenvalue weighted by Crippen LogP contribution is 2.15. The Hall–Kier alpha value is -2.12. The zero-order valence-corrected chi connectivity index (χ0v) is 17.6. The molecule has 2 fully saturated rings. The standard InChI is InChI=1S/C21H28ClN3O4/c1-29-18-13-24(10-4-9-23-8-3-7-19(23)26)21(28)15-25(14-18)20(27)12-16-5-2-6-17(22)11-16/h2,5-6,11,18H,3-4,7-10,12-15H2,1H3/t18-/m0/s1. The zero-order valence-electron chi connectivity index (χ0n) is 16.8. The molecule has 0 aromatic heterocycles. The predicted octanol–water partition coefficient (Wildman–Crippen LogP) is 1.58. The van der Waals surface area contributed by atoms with Gasteiger partial charge in [-0.25, -0.2) is 0 Å². The minimum atomic E-state index is -0.238. The monoisotopic (exact) mass is 421 g/mol. The third kappa shape index (κ3) is 5.93. The Kier molecular flexibility index (Phi) is 7.50. The molecule has 0 saturated carbocycles. The molecular weight excluding hydrogens is 394 g/mol. The molecule has 29 heavy (non-hydrogen) atoms. The molecule has 1 atom stereocenters. The highest BCUT2D eigenvalue weighted by Gasteiger charge is 2.30. The van der Waals surface area contributed by atoms with Crippen molar-refractivity contribution in [2.75, 3.05) is 46.4 Å². The molecule has 2 saturated heterocycles. The van der Waals surface area contributed by atoms with E-state index in [1.54, 1.807) is 29.0 Å². The fourth-order valence-corrected chi connectivity index (χ4v) is 4.07. The summed E-state index contributed by atoms with van der Waals surface area (Å²) < 4.78 is 5.52. The number of benzene rings is 1. The summed E-state index contributed by atoms with van der Waals surface area (Å²) in [6.07, 6.45) is 2.22. The SMILES string of the molecule is CO[C@H]1CN(CCCN2CCCC2=O)C(=O)CN(C(=O)Cc2cccc(Cl)c2)C1. The number of hydrogen-bond donors (Lipinski definition) is 0. The number of amides is 3. The van der Waals surface area contributed by atoms with Crippen LogP contribution < -0.4 is 0 Å². The molecule has 7 nitrogen and oxygen atoms in total. The van der Waals surface area contributed by atoms with Crippen LogP contribution in [0.2, 0.25) is 5.02 Å². The van der Waals surface area contributed by atoms with Gasteiger partial charge < -0.3 is 19.4 Å². The average Bonchev–Trinajstić information content (AvgIpc) is 3.02. The first-order chi connectivity index (χ1) is 14.0. The molecule has 2 heterocycles. The van der Waals surface area contributed by atoms with Crippen molar-refractivity contribution in [3.63, 3.8) is 0 Å². The quantitative estimate of drug-likeness (QED) is 0.670. The first-order valence-electron chi connectivity index (χ1n) is 10.1. The molecule has 0 bridgehead atoms. The van der Waals surface area contributed by atoms with E-state index in [4.69, 9.17) is 16.3 Å². The number of carbonyl (C=O) groups excluding carboxylic acids is 3. The third-order valence-corrected chi connectivity index (χ3v) is 5.72. The Balaban J connectivity index is 1.57. The molecule has 8 heteroatoms. The van der Waals surface area contributed by atoms with Crippen LogP contribution >= 0.6 is 11.6 Å². The van der Waals surface area contributed by atoms with Crippen LogP contribution in [0.5, 0.6) is 0 Å². The van der Waals surface area contributed by atoms with Crippen LogP contribution in [-0.4, -0.2) is 84.9 Å². The number of rotatable bonds is 7. The summed E-state index contributed by atoms with van der Waals surface area (Å²) in [4.78, 5) is 42.5. The highest BCUT2D eigenvalue weighted by atomic mass is 35.5. The number of methoxy groups -OCH3 is 1. The van der Waals surface area contributed by atoms with Gasteiger partial charge in [0.25, 0.3) is 0 Å². The summed E-state index contributed by atoms with van der Waals surface area (Å²) in [7, 11) is 1.60. The van der Waals surface area contributed by atoms with Gasteiger partial charge in [-0.1, -0.05) is 23.7 Å². The number of nitrogens with zero attached hydrogens (tertiary/aromatic N) is 3. The summed E-state index contributed by atoms with van der Waals surface area (Å²) in [5.41, 5.74) is 0.820. The highest BCUT2D eigenvalue weighted by molar-refractivity contribution is 6.30. The zero-order chi connectivity index (χ0) is 20.8. The van der Waals surface area contributed by atoms with E-state index in [1.165, 1.54) is 0 Å². The van der Waals surface area contributed by atoms with Gasteiger partial charge in [-0.3, -0.25) is 14.4 Å². The Morgan fingerprint density at radius 3 is 2.66 bits per heavy atom. The summed E-state index contributed by atoms with van der Waals surface area (Å²) >= 11 is 6.00. The van der Waals surface area contributed by atoms with E-state index in [1.807, 2.05) is 17.0 Å². The first-order valence-corrected chi connectivity index (χ1v) is 10.4. The topological polar surface area (TPSA) is 70.2 Å². The van der Waals surface area contributed by atoms with Gasteiger partial charge >= 0.3 is 0 Å². The molecule has 2 aliphatic heterocycles. The Morgan fingerprint density at radius 2 is 1.97 bits per heavy atom. The van der Waals surface area contributed by atoms with Crippen molar-refractivity contribution in [1.82, 2.24) is 14.7 Å². The van der Waals surface area contributed by atoms with Crippen LogP contribution in [0.1, 0.15) is 24.8 Å². The van der Waals surface area contributed by atoms with Gasteiger partial charge in [0, 0.05) is 51.3 Å². The molecule has 0 N–H and O–H groups in total. The van der Waals surface area contributed by atoms with Crippen molar-refractivity contribution in [1.29, 1.82) is 0 Å². The van der Waals surface area contributed by atoms with Crippen LogP contribution in [0.3, 0.4) is 0 Å². The van der Waals surface area contributed by atoms with E-state index in [-0.39, 0.29) is 36.8 Å². The van der Waals surface area contributed by atoms with Crippen LogP contribution in [0.25, 0.3) is 0 Å². The molecule has 3 amide bonds. The normalized spacial score (nSPS) is 20.3. The lowest BCUT2D eigenvalue weighted by atomic mass is 10.1. The maximum atomic E-state index is 12.8. The van der Waals surface area contributed by atoms with Crippen molar-refractivity contribution < 1.29 is 19.1 Å². The summed E-state index contributed by atoms with van der Waals surface area (Å²) in [6.45, 7) is 2.89. The molecule has 2 aliphatic rings. The minimum absolute atomic E-state index is 0.0436. The molecule has 0 radical (unpaired) electrons. The van der Waals surface area contributed by atoms with Gasteiger partial charge in [-0.2, -0.15) is 0 Å². The summed E-state index contributed by atoms with van der Waals surface area (Å²) in [6, 6.07) is 7.19. The molecule has 0 aliphatic carbocycles. The molecule has 158 valence electrons. The van der Waals surface area contributed by atoms with Crippen molar-refractivity contribution in [2.45, 2.75) is 31.8 Å². The second-order valence-corrected chi connectivity index (χ2v) is 8.05. The van der Waals surface area contributed by atoms with Crippen molar-refractivity contribution in [3.8, 4) is 0 Å². The Morgan fingerprint density at radius 1 is 1.17 bits per heavy atom. The van der Waals surface area contributed by atoms with E-state index >= 15 is 0 Å². The van der Waals surface area contributed by atoms with Crippen LogP contribution in [0.15, 0.2) is 24.3 Å². The maximum absolute atomic E-state index is 12.8. The molecular formula is C21H28ClN3O4.